The molecule has 1 aliphatic rings. The van der Waals surface area contributed by atoms with Crippen LogP contribution in [0.3, 0.4) is 0 Å². The molecule has 6 heteroatoms. The first-order chi connectivity index (χ1) is 12.2. The summed E-state index contributed by atoms with van der Waals surface area (Å²) >= 11 is 3.41. The highest BCUT2D eigenvalue weighted by atomic mass is 79.9. The summed E-state index contributed by atoms with van der Waals surface area (Å²) in [6, 6.07) is 15.0. The lowest BCUT2D eigenvalue weighted by molar-refractivity contribution is -0.134. The Morgan fingerprint density at radius 3 is 2.68 bits per heavy atom. The van der Waals surface area contributed by atoms with Gasteiger partial charge in [-0.2, -0.15) is 0 Å². The predicted molar refractivity (Wildman–Crippen MR) is 98.2 cm³/mol. The van der Waals surface area contributed by atoms with Crippen LogP contribution in [0, 0.1) is 0 Å². The van der Waals surface area contributed by atoms with Crippen molar-refractivity contribution in [1.29, 1.82) is 0 Å². The summed E-state index contributed by atoms with van der Waals surface area (Å²) in [6.07, 6.45) is -0.192. The fourth-order valence-corrected chi connectivity index (χ4v) is 3.00. The molecule has 0 saturated heterocycles. The Hall–Kier alpha value is -2.21. The quantitative estimate of drug-likeness (QED) is 0.737. The Kier molecular flexibility index (Phi) is 5.81. The maximum Gasteiger partial charge on any atom is 0.260 e. The van der Waals surface area contributed by atoms with E-state index < -0.39 is 0 Å². The van der Waals surface area contributed by atoms with E-state index in [9.17, 15) is 4.79 Å². The van der Waals surface area contributed by atoms with E-state index in [1.807, 2.05) is 55.5 Å². The van der Waals surface area contributed by atoms with Crippen molar-refractivity contribution in [3.05, 3.63) is 53.0 Å². The third kappa shape index (κ3) is 4.45. The number of likely N-dealkylation sites (N-methyl/N-ethyl adjacent to an activating group) is 1. The number of halogens is 1. The van der Waals surface area contributed by atoms with Gasteiger partial charge in [-0.15, -0.1) is 0 Å². The number of benzene rings is 2. The normalized spacial score (nSPS) is 15.5. The van der Waals surface area contributed by atoms with Gasteiger partial charge in [0, 0.05) is 6.54 Å². The van der Waals surface area contributed by atoms with E-state index in [1.54, 1.807) is 4.90 Å². The molecule has 0 aromatic heterocycles. The van der Waals surface area contributed by atoms with E-state index in [2.05, 4.69) is 15.9 Å². The van der Waals surface area contributed by atoms with Gasteiger partial charge in [-0.05, 0) is 47.1 Å². The summed E-state index contributed by atoms with van der Waals surface area (Å²) < 4.78 is 18.1. The fraction of sp³-hybridized carbons (Fsp3) is 0.316. The van der Waals surface area contributed by atoms with Gasteiger partial charge in [-0.25, -0.2) is 0 Å². The molecular formula is C19H20BrNO4. The number of nitrogens with zero attached hydrogens (tertiary/aromatic N) is 1. The average Bonchev–Trinajstić information content (AvgIpc) is 2.65. The molecule has 0 unspecified atom stereocenters. The lowest BCUT2D eigenvalue weighted by Gasteiger charge is -2.30. The van der Waals surface area contributed by atoms with Crippen LogP contribution in [0.1, 0.15) is 6.92 Å². The monoisotopic (exact) mass is 405 g/mol. The summed E-state index contributed by atoms with van der Waals surface area (Å²) in [4.78, 5) is 14.2. The molecule has 0 saturated carbocycles. The molecule has 1 amide bonds. The number of ether oxygens (including phenoxy) is 3. The van der Waals surface area contributed by atoms with Crippen molar-refractivity contribution >= 4 is 21.8 Å². The van der Waals surface area contributed by atoms with Crippen LogP contribution >= 0.6 is 15.9 Å². The van der Waals surface area contributed by atoms with Crippen LogP contribution in [0.15, 0.2) is 53.0 Å². The van der Waals surface area contributed by atoms with Crippen molar-refractivity contribution < 1.29 is 19.0 Å². The van der Waals surface area contributed by atoms with E-state index in [4.69, 9.17) is 14.2 Å². The van der Waals surface area contributed by atoms with Gasteiger partial charge in [0.2, 0.25) is 0 Å². The van der Waals surface area contributed by atoms with E-state index >= 15 is 0 Å². The summed E-state index contributed by atoms with van der Waals surface area (Å²) in [5.74, 6) is 2.02. The number of hydrogen-bond donors (Lipinski definition) is 0. The summed E-state index contributed by atoms with van der Waals surface area (Å²) in [7, 11) is 0. The molecule has 2 aromatic carbocycles. The molecule has 0 N–H and O–H groups in total. The SMILES string of the molecule is CCN(C[C@H]1COc2ccccc2O1)C(=O)COc1ccccc1Br. The zero-order valence-corrected chi connectivity index (χ0v) is 15.6. The molecule has 0 fully saturated rings. The van der Waals surface area contributed by atoms with Gasteiger partial charge in [-0.1, -0.05) is 24.3 Å². The van der Waals surface area contributed by atoms with Crippen molar-refractivity contribution in [2.24, 2.45) is 0 Å². The summed E-state index contributed by atoms with van der Waals surface area (Å²) in [5, 5.41) is 0. The lowest BCUT2D eigenvalue weighted by Crippen LogP contribution is -2.45. The Labute approximate surface area is 155 Å². The van der Waals surface area contributed by atoms with E-state index in [0.29, 0.717) is 31.2 Å². The van der Waals surface area contributed by atoms with Crippen LogP contribution in [0.5, 0.6) is 17.2 Å². The number of carbonyl (C=O) groups excluding carboxylic acids is 1. The van der Waals surface area contributed by atoms with Gasteiger partial charge < -0.3 is 19.1 Å². The van der Waals surface area contributed by atoms with Crippen LogP contribution in [-0.4, -0.2) is 43.2 Å². The molecule has 0 radical (unpaired) electrons. The molecule has 132 valence electrons. The first-order valence-electron chi connectivity index (χ1n) is 8.21. The van der Waals surface area contributed by atoms with Crippen LogP contribution in [0.2, 0.25) is 0 Å². The lowest BCUT2D eigenvalue weighted by atomic mass is 10.2. The average molecular weight is 406 g/mol. The smallest absolute Gasteiger partial charge is 0.260 e. The maximum absolute atomic E-state index is 12.5. The zero-order chi connectivity index (χ0) is 17.6. The third-order valence-electron chi connectivity index (χ3n) is 3.91. The fourth-order valence-electron chi connectivity index (χ4n) is 2.60. The second-order valence-corrected chi connectivity index (χ2v) is 6.50. The highest BCUT2D eigenvalue weighted by molar-refractivity contribution is 9.10. The number of hydrogen-bond acceptors (Lipinski definition) is 4. The van der Waals surface area contributed by atoms with E-state index in [0.717, 1.165) is 10.2 Å². The Bertz CT molecular complexity index is 737. The molecular weight excluding hydrogens is 386 g/mol. The highest BCUT2D eigenvalue weighted by Crippen LogP contribution is 2.31. The first-order valence-corrected chi connectivity index (χ1v) is 9.00. The molecule has 5 nitrogen and oxygen atoms in total. The number of amides is 1. The van der Waals surface area contributed by atoms with Crippen LogP contribution in [-0.2, 0) is 4.79 Å². The Morgan fingerprint density at radius 2 is 1.92 bits per heavy atom. The minimum absolute atomic E-state index is 0.0133. The van der Waals surface area contributed by atoms with Gasteiger partial charge in [0.05, 0.1) is 11.0 Å². The van der Waals surface area contributed by atoms with E-state index in [-0.39, 0.29) is 18.6 Å². The van der Waals surface area contributed by atoms with Gasteiger partial charge in [0.25, 0.3) is 5.91 Å². The van der Waals surface area contributed by atoms with Crippen LogP contribution in [0.25, 0.3) is 0 Å². The standard InChI is InChI=1S/C19H20BrNO4/c1-2-21(19(22)13-24-16-8-4-3-7-15(16)20)11-14-12-23-17-9-5-6-10-18(17)25-14/h3-10,14H,2,11-13H2,1H3/t14-/m0/s1. The number of para-hydroxylation sites is 3. The minimum Gasteiger partial charge on any atom is -0.486 e. The van der Waals surface area contributed by atoms with Crippen LogP contribution < -0.4 is 14.2 Å². The highest BCUT2D eigenvalue weighted by Gasteiger charge is 2.25. The molecule has 0 spiro atoms. The molecule has 1 aliphatic heterocycles. The molecule has 2 aromatic rings. The molecule has 25 heavy (non-hydrogen) atoms. The minimum atomic E-state index is -0.192. The summed E-state index contributed by atoms with van der Waals surface area (Å²) in [5.41, 5.74) is 0. The molecule has 3 rings (SSSR count). The number of rotatable bonds is 6. The molecule has 1 heterocycles. The topological polar surface area (TPSA) is 48.0 Å². The predicted octanol–water partition coefficient (Wildman–Crippen LogP) is 3.52. The van der Waals surface area contributed by atoms with Gasteiger partial charge in [-0.3, -0.25) is 4.79 Å². The van der Waals surface area contributed by atoms with Gasteiger partial charge >= 0.3 is 0 Å². The summed E-state index contributed by atoms with van der Waals surface area (Å²) in [6.45, 7) is 3.39. The Balaban J connectivity index is 1.55. The molecule has 0 aliphatic carbocycles. The molecule has 1 atom stereocenters. The second-order valence-electron chi connectivity index (χ2n) is 5.65. The number of fused-ring (bicyclic) bond motifs is 1. The van der Waals surface area contributed by atoms with Crippen molar-refractivity contribution in [3.8, 4) is 17.2 Å². The zero-order valence-electron chi connectivity index (χ0n) is 14.0. The van der Waals surface area contributed by atoms with Crippen molar-refractivity contribution in [2.75, 3.05) is 26.3 Å². The largest absolute Gasteiger partial charge is 0.486 e. The van der Waals surface area contributed by atoms with Gasteiger partial charge in [0.15, 0.2) is 24.2 Å². The van der Waals surface area contributed by atoms with Crippen LogP contribution in [0.4, 0.5) is 0 Å². The second kappa shape index (κ2) is 8.25. The number of carbonyl (C=O) groups is 1. The van der Waals surface area contributed by atoms with Crippen molar-refractivity contribution in [2.45, 2.75) is 13.0 Å². The van der Waals surface area contributed by atoms with Crippen molar-refractivity contribution in [3.63, 3.8) is 0 Å². The Morgan fingerprint density at radius 1 is 1.20 bits per heavy atom. The van der Waals surface area contributed by atoms with Crippen molar-refractivity contribution in [1.82, 2.24) is 4.90 Å². The first kappa shape index (κ1) is 17.6. The third-order valence-corrected chi connectivity index (χ3v) is 4.57. The van der Waals surface area contributed by atoms with E-state index in [1.165, 1.54) is 0 Å². The molecule has 0 bridgehead atoms. The maximum atomic E-state index is 12.5. The van der Waals surface area contributed by atoms with Gasteiger partial charge in [0.1, 0.15) is 12.4 Å².